The molecule has 0 spiro atoms. The molecular weight excluding hydrogens is 180 g/mol. The Balaban J connectivity index is 2.47. The molecule has 4 nitrogen and oxygen atoms in total. The molecule has 0 aromatic carbocycles. The van der Waals surface area contributed by atoms with Crippen LogP contribution in [0.1, 0.15) is 26.7 Å². The first-order valence-electron chi connectivity index (χ1n) is 5.16. The number of carboxylic acids is 1. The summed E-state index contributed by atoms with van der Waals surface area (Å²) in [6, 6.07) is 0. The third-order valence-corrected chi connectivity index (χ3v) is 2.78. The fourth-order valence-corrected chi connectivity index (χ4v) is 1.96. The molecule has 0 bridgehead atoms. The molecule has 0 saturated carbocycles. The van der Waals surface area contributed by atoms with Crippen molar-refractivity contribution in [3.8, 4) is 0 Å². The predicted molar refractivity (Wildman–Crippen MR) is 55.1 cm³/mol. The molecule has 82 valence electrons. The number of carbonyl (C=O) groups is 1. The first-order chi connectivity index (χ1) is 6.42. The van der Waals surface area contributed by atoms with Crippen molar-refractivity contribution in [1.29, 1.82) is 0 Å². The lowest BCUT2D eigenvalue weighted by Gasteiger charge is -2.34. The van der Waals surface area contributed by atoms with Crippen molar-refractivity contribution >= 4 is 5.97 Å². The van der Waals surface area contributed by atoms with E-state index in [4.69, 9.17) is 10.8 Å². The van der Waals surface area contributed by atoms with Gasteiger partial charge in [0.15, 0.2) is 0 Å². The highest BCUT2D eigenvalue weighted by molar-refractivity contribution is 5.78. The van der Waals surface area contributed by atoms with Crippen molar-refractivity contribution in [3.63, 3.8) is 0 Å². The van der Waals surface area contributed by atoms with Crippen molar-refractivity contribution < 1.29 is 9.90 Å². The Morgan fingerprint density at radius 3 is 2.86 bits per heavy atom. The lowest BCUT2D eigenvalue weighted by Crippen LogP contribution is -2.55. The minimum Gasteiger partial charge on any atom is -0.480 e. The molecule has 1 rings (SSSR count). The molecule has 0 amide bonds. The van der Waals surface area contributed by atoms with E-state index in [9.17, 15) is 4.79 Å². The summed E-state index contributed by atoms with van der Waals surface area (Å²) in [7, 11) is 0. The number of hydrogen-bond donors (Lipinski definition) is 2. The van der Waals surface area contributed by atoms with E-state index in [1.54, 1.807) is 6.92 Å². The molecule has 0 aliphatic carbocycles. The molecule has 0 aromatic rings. The maximum atomic E-state index is 10.8. The van der Waals surface area contributed by atoms with Gasteiger partial charge in [0.05, 0.1) is 0 Å². The molecule has 1 fully saturated rings. The van der Waals surface area contributed by atoms with E-state index in [1.807, 2.05) is 0 Å². The van der Waals surface area contributed by atoms with Gasteiger partial charge < -0.3 is 15.7 Å². The SMILES string of the molecule is CC1CCCN(CC(C)(N)C(=O)O)C1. The number of hydrogen-bond acceptors (Lipinski definition) is 3. The van der Waals surface area contributed by atoms with Crippen LogP contribution in [0.2, 0.25) is 0 Å². The van der Waals surface area contributed by atoms with Gasteiger partial charge in [0.25, 0.3) is 0 Å². The largest absolute Gasteiger partial charge is 0.480 e. The summed E-state index contributed by atoms with van der Waals surface area (Å²) < 4.78 is 0. The van der Waals surface area contributed by atoms with Crippen LogP contribution in [0.15, 0.2) is 0 Å². The molecule has 1 aliphatic rings. The van der Waals surface area contributed by atoms with Crippen molar-refractivity contribution in [2.24, 2.45) is 11.7 Å². The summed E-state index contributed by atoms with van der Waals surface area (Å²) in [6.07, 6.45) is 2.39. The standard InChI is InChI=1S/C10H20N2O2/c1-8-4-3-5-12(6-8)7-10(2,11)9(13)14/h8H,3-7,11H2,1-2H3,(H,13,14). The lowest BCUT2D eigenvalue weighted by molar-refractivity contribution is -0.143. The third kappa shape index (κ3) is 2.96. The second-order valence-electron chi connectivity index (χ2n) is 4.71. The van der Waals surface area contributed by atoms with E-state index in [-0.39, 0.29) is 0 Å². The minimum absolute atomic E-state index is 0.451. The highest BCUT2D eigenvalue weighted by Crippen LogP contribution is 2.17. The van der Waals surface area contributed by atoms with Gasteiger partial charge in [-0.05, 0) is 32.2 Å². The molecule has 1 heterocycles. The monoisotopic (exact) mass is 200 g/mol. The van der Waals surface area contributed by atoms with Crippen molar-refractivity contribution in [1.82, 2.24) is 4.90 Å². The van der Waals surface area contributed by atoms with Gasteiger partial charge in [-0.1, -0.05) is 6.92 Å². The van der Waals surface area contributed by atoms with Crippen LogP contribution in [-0.4, -0.2) is 41.1 Å². The lowest BCUT2D eigenvalue weighted by atomic mass is 9.97. The zero-order valence-corrected chi connectivity index (χ0v) is 8.99. The normalized spacial score (nSPS) is 28.4. The number of rotatable bonds is 3. The molecule has 0 aromatic heterocycles. The van der Waals surface area contributed by atoms with E-state index in [2.05, 4.69) is 11.8 Å². The van der Waals surface area contributed by atoms with Crippen LogP contribution >= 0.6 is 0 Å². The highest BCUT2D eigenvalue weighted by Gasteiger charge is 2.31. The van der Waals surface area contributed by atoms with E-state index in [0.29, 0.717) is 12.5 Å². The van der Waals surface area contributed by atoms with E-state index < -0.39 is 11.5 Å². The Kier molecular flexibility index (Phi) is 3.50. The van der Waals surface area contributed by atoms with E-state index >= 15 is 0 Å². The first kappa shape index (κ1) is 11.5. The van der Waals surface area contributed by atoms with E-state index in [0.717, 1.165) is 19.5 Å². The fraction of sp³-hybridized carbons (Fsp3) is 0.900. The summed E-state index contributed by atoms with van der Waals surface area (Å²) in [5.74, 6) is -0.260. The maximum absolute atomic E-state index is 10.8. The maximum Gasteiger partial charge on any atom is 0.324 e. The van der Waals surface area contributed by atoms with Gasteiger partial charge in [-0.15, -0.1) is 0 Å². The van der Waals surface area contributed by atoms with Crippen LogP contribution in [0.3, 0.4) is 0 Å². The molecule has 3 N–H and O–H groups in total. The molecule has 1 aliphatic heterocycles. The topological polar surface area (TPSA) is 66.6 Å². The Labute approximate surface area is 85.1 Å². The van der Waals surface area contributed by atoms with Crippen LogP contribution in [0.25, 0.3) is 0 Å². The zero-order valence-electron chi connectivity index (χ0n) is 8.99. The predicted octanol–water partition coefficient (Wildman–Crippen LogP) is 0.520. The number of carboxylic acid groups (broad SMARTS) is 1. The fourth-order valence-electron chi connectivity index (χ4n) is 1.96. The molecule has 2 atom stereocenters. The third-order valence-electron chi connectivity index (χ3n) is 2.78. The van der Waals surface area contributed by atoms with Gasteiger partial charge in [0.1, 0.15) is 5.54 Å². The van der Waals surface area contributed by atoms with Crippen molar-refractivity contribution in [2.75, 3.05) is 19.6 Å². The first-order valence-corrected chi connectivity index (χ1v) is 5.16. The highest BCUT2D eigenvalue weighted by atomic mass is 16.4. The number of likely N-dealkylation sites (tertiary alicyclic amines) is 1. The van der Waals surface area contributed by atoms with E-state index in [1.165, 1.54) is 6.42 Å². The van der Waals surface area contributed by atoms with Crippen LogP contribution < -0.4 is 5.73 Å². The van der Waals surface area contributed by atoms with Crippen molar-refractivity contribution in [3.05, 3.63) is 0 Å². The van der Waals surface area contributed by atoms with Crippen LogP contribution in [0, 0.1) is 5.92 Å². The molecule has 2 unspecified atom stereocenters. The number of piperidine rings is 1. The summed E-state index contributed by atoms with van der Waals surface area (Å²) in [5.41, 5.74) is 4.58. The second-order valence-corrected chi connectivity index (χ2v) is 4.71. The molecule has 4 heteroatoms. The number of nitrogens with zero attached hydrogens (tertiary/aromatic N) is 1. The summed E-state index contributed by atoms with van der Waals surface area (Å²) in [5, 5.41) is 8.89. The Morgan fingerprint density at radius 2 is 2.36 bits per heavy atom. The Morgan fingerprint density at radius 1 is 1.71 bits per heavy atom. The Bertz CT molecular complexity index is 216. The smallest absolute Gasteiger partial charge is 0.324 e. The molecule has 1 saturated heterocycles. The molecular formula is C10H20N2O2. The zero-order chi connectivity index (χ0) is 10.8. The average Bonchev–Trinajstić information content (AvgIpc) is 2.02. The van der Waals surface area contributed by atoms with Gasteiger partial charge in [0, 0.05) is 13.1 Å². The van der Waals surface area contributed by atoms with Crippen LogP contribution in [0.5, 0.6) is 0 Å². The summed E-state index contributed by atoms with van der Waals surface area (Å²) in [4.78, 5) is 13.0. The average molecular weight is 200 g/mol. The summed E-state index contributed by atoms with van der Waals surface area (Å²) >= 11 is 0. The van der Waals surface area contributed by atoms with Crippen LogP contribution in [0.4, 0.5) is 0 Å². The molecule has 0 radical (unpaired) electrons. The quantitative estimate of drug-likeness (QED) is 0.697. The van der Waals surface area contributed by atoms with Crippen molar-refractivity contribution in [2.45, 2.75) is 32.2 Å². The number of aliphatic carboxylic acids is 1. The molecule has 14 heavy (non-hydrogen) atoms. The summed E-state index contributed by atoms with van der Waals surface area (Å²) in [6.45, 7) is 6.17. The van der Waals surface area contributed by atoms with Gasteiger partial charge in [-0.2, -0.15) is 0 Å². The minimum atomic E-state index is -1.11. The number of nitrogens with two attached hydrogens (primary N) is 1. The second kappa shape index (κ2) is 4.28. The van der Waals surface area contributed by atoms with Gasteiger partial charge in [0.2, 0.25) is 0 Å². The van der Waals surface area contributed by atoms with Gasteiger partial charge in [-0.25, -0.2) is 0 Å². The van der Waals surface area contributed by atoms with Gasteiger partial charge in [-0.3, -0.25) is 4.79 Å². The Hall–Kier alpha value is -0.610. The van der Waals surface area contributed by atoms with Gasteiger partial charge >= 0.3 is 5.97 Å². The van der Waals surface area contributed by atoms with Crippen LogP contribution in [-0.2, 0) is 4.79 Å².